The van der Waals surface area contributed by atoms with Crippen LogP contribution in [0.5, 0.6) is 0 Å². The first-order valence-electron chi connectivity index (χ1n) is 3.64. The van der Waals surface area contributed by atoms with Crippen molar-refractivity contribution in [1.29, 1.82) is 0 Å². The number of alkyl halides is 1. The van der Waals surface area contributed by atoms with Gasteiger partial charge in [0.25, 0.3) is 10.5 Å². The Kier molecular flexibility index (Phi) is 3.93. The van der Waals surface area contributed by atoms with Crippen LogP contribution in [0.1, 0.15) is 26.3 Å². The van der Waals surface area contributed by atoms with E-state index in [1.165, 1.54) is 18.2 Å². The van der Waals surface area contributed by atoms with Crippen molar-refractivity contribution in [3.8, 4) is 0 Å². The molecule has 0 radical (unpaired) electrons. The van der Waals surface area contributed by atoms with E-state index in [0.29, 0.717) is 5.56 Å². The Morgan fingerprint density at radius 1 is 1.00 bits per heavy atom. The summed E-state index contributed by atoms with van der Waals surface area (Å²) in [6, 6.07) is 4.37. The summed E-state index contributed by atoms with van der Waals surface area (Å²) in [6.45, 7) is 0. The quantitative estimate of drug-likeness (QED) is 0.611. The molecule has 1 aromatic rings. The average molecular weight is 251 g/mol. The first kappa shape index (κ1) is 11.5. The lowest BCUT2D eigenvalue weighted by atomic mass is 10.1. The third kappa shape index (κ3) is 2.71. The van der Waals surface area contributed by atoms with Crippen LogP contribution in [0.4, 0.5) is 0 Å². The van der Waals surface area contributed by atoms with E-state index < -0.39 is 10.5 Å². The van der Waals surface area contributed by atoms with Gasteiger partial charge in [-0.15, -0.1) is 11.6 Å². The van der Waals surface area contributed by atoms with E-state index >= 15 is 0 Å². The normalized spacial score (nSPS) is 9.93. The number of benzene rings is 1. The molecule has 0 spiro atoms. The van der Waals surface area contributed by atoms with Crippen molar-refractivity contribution in [3.63, 3.8) is 0 Å². The summed E-state index contributed by atoms with van der Waals surface area (Å²) in [7, 11) is 0. The number of rotatable bonds is 3. The second kappa shape index (κ2) is 4.78. The van der Waals surface area contributed by atoms with Gasteiger partial charge in [0.2, 0.25) is 0 Å². The molecule has 74 valence electrons. The highest BCUT2D eigenvalue weighted by Crippen LogP contribution is 2.15. The Labute approximate surface area is 95.8 Å². The molecule has 0 unspecified atom stereocenters. The van der Waals surface area contributed by atoms with E-state index in [1.54, 1.807) is 0 Å². The molecule has 0 amide bonds. The number of carbonyl (C=O) groups is 2. The summed E-state index contributed by atoms with van der Waals surface area (Å²) in [5.41, 5.74) is 1.06. The van der Waals surface area contributed by atoms with Gasteiger partial charge in [0, 0.05) is 17.0 Å². The molecule has 0 aliphatic carbocycles. The standard InChI is InChI=1S/C9H5Cl3O2/c10-4-5-1-6(8(11)13)3-7(2-5)9(12)14/h1-3H,4H2. The van der Waals surface area contributed by atoms with Crippen LogP contribution in [0.25, 0.3) is 0 Å². The summed E-state index contributed by atoms with van der Waals surface area (Å²) in [6.07, 6.45) is 0. The summed E-state index contributed by atoms with van der Waals surface area (Å²) in [4.78, 5) is 21.7. The molecule has 0 aliphatic heterocycles. The lowest BCUT2D eigenvalue weighted by Gasteiger charge is -2.01. The monoisotopic (exact) mass is 250 g/mol. The molecule has 0 heterocycles. The zero-order valence-electron chi connectivity index (χ0n) is 6.89. The molecule has 1 rings (SSSR count). The van der Waals surface area contributed by atoms with Crippen LogP contribution in [0.3, 0.4) is 0 Å². The SMILES string of the molecule is O=C(Cl)c1cc(CCl)cc(C(=O)Cl)c1. The molecule has 1 aromatic carbocycles. The van der Waals surface area contributed by atoms with Crippen LogP contribution < -0.4 is 0 Å². The van der Waals surface area contributed by atoms with E-state index in [9.17, 15) is 9.59 Å². The smallest absolute Gasteiger partial charge is 0.252 e. The van der Waals surface area contributed by atoms with Gasteiger partial charge in [0.1, 0.15) is 0 Å². The second-order valence-corrected chi connectivity index (χ2v) is 3.55. The van der Waals surface area contributed by atoms with Gasteiger partial charge in [-0.3, -0.25) is 9.59 Å². The lowest BCUT2D eigenvalue weighted by molar-refractivity contribution is 0.108. The van der Waals surface area contributed by atoms with E-state index in [2.05, 4.69) is 0 Å². The highest BCUT2D eigenvalue weighted by Gasteiger charge is 2.09. The predicted molar refractivity (Wildman–Crippen MR) is 56.4 cm³/mol. The zero-order chi connectivity index (χ0) is 10.7. The van der Waals surface area contributed by atoms with Crippen molar-refractivity contribution < 1.29 is 9.59 Å². The number of hydrogen-bond donors (Lipinski definition) is 0. The molecule has 0 atom stereocenters. The lowest BCUT2D eigenvalue weighted by Crippen LogP contribution is -1.97. The fourth-order valence-electron chi connectivity index (χ4n) is 0.996. The van der Waals surface area contributed by atoms with E-state index in [1.807, 2.05) is 0 Å². The van der Waals surface area contributed by atoms with Crippen LogP contribution >= 0.6 is 34.8 Å². The van der Waals surface area contributed by atoms with Gasteiger partial charge in [-0.25, -0.2) is 0 Å². The molecule has 14 heavy (non-hydrogen) atoms. The third-order valence-corrected chi connectivity index (χ3v) is 2.35. The van der Waals surface area contributed by atoms with E-state index in [4.69, 9.17) is 34.8 Å². The van der Waals surface area contributed by atoms with Gasteiger partial charge >= 0.3 is 0 Å². The Morgan fingerprint density at radius 3 is 1.71 bits per heavy atom. The van der Waals surface area contributed by atoms with Crippen LogP contribution in [-0.4, -0.2) is 10.5 Å². The van der Waals surface area contributed by atoms with Crippen molar-refractivity contribution in [1.82, 2.24) is 0 Å². The first-order chi connectivity index (χ1) is 6.54. The molecular formula is C9H5Cl3O2. The number of halogens is 3. The summed E-state index contributed by atoms with van der Waals surface area (Å²) >= 11 is 16.1. The predicted octanol–water partition coefficient (Wildman–Crippen LogP) is 3.18. The van der Waals surface area contributed by atoms with Crippen molar-refractivity contribution >= 4 is 45.3 Å². The minimum atomic E-state index is -0.642. The fraction of sp³-hybridized carbons (Fsp3) is 0.111. The molecule has 0 N–H and O–H groups in total. The van der Waals surface area contributed by atoms with Crippen molar-refractivity contribution in [2.45, 2.75) is 5.88 Å². The van der Waals surface area contributed by atoms with Crippen molar-refractivity contribution in [2.75, 3.05) is 0 Å². The molecule has 0 fully saturated rings. The van der Waals surface area contributed by atoms with Crippen LogP contribution in [0.2, 0.25) is 0 Å². The topological polar surface area (TPSA) is 34.1 Å². The van der Waals surface area contributed by atoms with Gasteiger partial charge in [-0.1, -0.05) is 0 Å². The third-order valence-electron chi connectivity index (χ3n) is 1.60. The zero-order valence-corrected chi connectivity index (χ0v) is 9.16. The van der Waals surface area contributed by atoms with Gasteiger partial charge < -0.3 is 0 Å². The second-order valence-electron chi connectivity index (χ2n) is 2.60. The van der Waals surface area contributed by atoms with E-state index in [-0.39, 0.29) is 17.0 Å². The molecule has 0 bridgehead atoms. The number of hydrogen-bond acceptors (Lipinski definition) is 2. The Balaban J connectivity index is 3.27. The van der Waals surface area contributed by atoms with Gasteiger partial charge in [0.05, 0.1) is 0 Å². The van der Waals surface area contributed by atoms with Crippen molar-refractivity contribution in [3.05, 3.63) is 34.9 Å². The summed E-state index contributed by atoms with van der Waals surface area (Å²) in [5.74, 6) is 0.190. The molecule has 0 saturated carbocycles. The minimum absolute atomic E-state index is 0.190. The highest BCUT2D eigenvalue weighted by molar-refractivity contribution is 6.69. The molecule has 5 heteroatoms. The maximum Gasteiger partial charge on any atom is 0.252 e. The van der Waals surface area contributed by atoms with Crippen LogP contribution in [-0.2, 0) is 5.88 Å². The van der Waals surface area contributed by atoms with E-state index in [0.717, 1.165) is 0 Å². The number of carbonyl (C=O) groups excluding carboxylic acids is 2. The molecular weight excluding hydrogens is 246 g/mol. The average Bonchev–Trinajstić information content (AvgIpc) is 2.16. The fourth-order valence-corrected chi connectivity index (χ4v) is 1.37. The summed E-state index contributed by atoms with van der Waals surface area (Å²) in [5, 5.41) is -1.28. The first-order valence-corrected chi connectivity index (χ1v) is 4.93. The minimum Gasteiger partial charge on any atom is -0.276 e. The Bertz CT molecular complexity index is 355. The summed E-state index contributed by atoms with van der Waals surface area (Å²) < 4.78 is 0. The molecule has 0 saturated heterocycles. The van der Waals surface area contributed by atoms with Gasteiger partial charge in [0.15, 0.2) is 0 Å². The van der Waals surface area contributed by atoms with Gasteiger partial charge in [-0.2, -0.15) is 0 Å². The Morgan fingerprint density at radius 2 is 1.43 bits per heavy atom. The largest absolute Gasteiger partial charge is 0.276 e. The maximum absolute atomic E-state index is 10.9. The van der Waals surface area contributed by atoms with Crippen molar-refractivity contribution in [2.24, 2.45) is 0 Å². The molecule has 2 nitrogen and oxygen atoms in total. The molecule has 0 aliphatic rings. The van der Waals surface area contributed by atoms with Crippen LogP contribution in [0, 0.1) is 0 Å². The Hall–Kier alpha value is -0.570. The van der Waals surface area contributed by atoms with Crippen LogP contribution in [0.15, 0.2) is 18.2 Å². The van der Waals surface area contributed by atoms with Gasteiger partial charge in [-0.05, 0) is 47.0 Å². The maximum atomic E-state index is 10.9. The molecule has 0 aromatic heterocycles. The highest BCUT2D eigenvalue weighted by atomic mass is 35.5.